The number of allylic oxidation sites excluding steroid dienone is 8. The Bertz CT molecular complexity index is 838. The molecule has 0 aromatic heterocycles. The van der Waals surface area contributed by atoms with Crippen molar-refractivity contribution in [3.63, 3.8) is 0 Å². The van der Waals surface area contributed by atoms with E-state index in [1.807, 2.05) is 12.2 Å². The number of carbonyl (C=O) groups is 3. The van der Waals surface area contributed by atoms with Gasteiger partial charge in [-0.15, -0.1) is 0 Å². The van der Waals surface area contributed by atoms with E-state index < -0.39 is 18.7 Å². The van der Waals surface area contributed by atoms with Crippen LogP contribution in [-0.2, 0) is 23.9 Å². The highest BCUT2D eigenvalue weighted by Crippen LogP contribution is 2.14. The van der Waals surface area contributed by atoms with E-state index in [1.165, 1.54) is 76.7 Å². The van der Waals surface area contributed by atoms with Gasteiger partial charge in [0.1, 0.15) is 6.61 Å². The quantitative estimate of drug-likeness (QED) is 0.0269. The number of hydrogen-bond donors (Lipinski definition) is 1. The summed E-state index contributed by atoms with van der Waals surface area (Å²) in [5.41, 5.74) is 0. The lowest BCUT2D eigenvalue weighted by Crippen LogP contribution is -2.28. The molecule has 1 N–H and O–H groups in total. The zero-order valence-corrected chi connectivity index (χ0v) is 29.0. The molecule has 45 heavy (non-hydrogen) atoms. The Balaban J connectivity index is 3.81. The lowest BCUT2D eigenvalue weighted by molar-refractivity contribution is -0.161. The van der Waals surface area contributed by atoms with Gasteiger partial charge in [0.15, 0.2) is 11.9 Å². The normalized spacial score (nSPS) is 12.7. The molecule has 0 rings (SSSR count). The number of aliphatic hydroxyl groups excluding tert-OH is 1. The molecule has 0 aliphatic heterocycles. The van der Waals surface area contributed by atoms with Crippen molar-refractivity contribution in [1.29, 1.82) is 0 Å². The molecule has 6 heteroatoms. The predicted octanol–water partition coefficient (Wildman–Crippen LogP) is 10.1. The topological polar surface area (TPSA) is 89.9 Å². The van der Waals surface area contributed by atoms with Gasteiger partial charge in [-0.3, -0.25) is 14.4 Å². The third-order valence-electron chi connectivity index (χ3n) is 7.53. The summed E-state index contributed by atoms with van der Waals surface area (Å²) in [6, 6.07) is 0. The van der Waals surface area contributed by atoms with Crippen molar-refractivity contribution in [2.45, 2.75) is 162 Å². The Labute approximate surface area is 275 Å². The van der Waals surface area contributed by atoms with Crippen LogP contribution < -0.4 is 0 Å². The third-order valence-corrected chi connectivity index (χ3v) is 7.53. The van der Waals surface area contributed by atoms with Crippen LogP contribution >= 0.6 is 0 Å². The summed E-state index contributed by atoms with van der Waals surface area (Å²) in [6.07, 6.45) is 36.0. The number of unbranched alkanes of at least 4 members (excludes halogenated alkanes) is 12. The minimum atomic E-state index is -0.886. The van der Waals surface area contributed by atoms with Crippen LogP contribution in [0, 0.1) is 5.92 Å². The van der Waals surface area contributed by atoms with Gasteiger partial charge in [-0.1, -0.05) is 140 Å². The number of carbonyl (C=O) groups excluding carboxylic acids is 3. The number of ketones is 1. The Morgan fingerprint density at radius 2 is 1.24 bits per heavy atom. The van der Waals surface area contributed by atoms with Crippen LogP contribution in [0.2, 0.25) is 0 Å². The largest absolute Gasteiger partial charge is 0.462 e. The molecule has 0 aromatic carbocycles. The number of aliphatic hydroxyl groups is 1. The van der Waals surface area contributed by atoms with Crippen LogP contribution in [0.15, 0.2) is 48.6 Å². The molecule has 0 radical (unpaired) electrons. The average molecular weight is 631 g/mol. The second kappa shape index (κ2) is 32.9. The molecule has 6 nitrogen and oxygen atoms in total. The molecular weight excluding hydrogens is 564 g/mol. The summed E-state index contributed by atoms with van der Waals surface area (Å²) in [4.78, 5) is 36.2. The highest BCUT2D eigenvalue weighted by Gasteiger charge is 2.16. The molecule has 258 valence electrons. The molecule has 0 amide bonds. The SMILES string of the molecule is CCCCC/C=C\C/C=C\C/C=C\C=C\C(=O)CCCC(=O)O[C@@H](CO)COC(=O)CCCCCCCCCCCCC(C)C. The van der Waals surface area contributed by atoms with Crippen molar-refractivity contribution in [2.75, 3.05) is 13.2 Å². The second-order valence-corrected chi connectivity index (χ2v) is 12.5. The Kier molecular flexibility index (Phi) is 31.1. The van der Waals surface area contributed by atoms with Gasteiger partial charge in [-0.2, -0.15) is 0 Å². The van der Waals surface area contributed by atoms with Gasteiger partial charge in [0.05, 0.1) is 6.61 Å². The van der Waals surface area contributed by atoms with Crippen LogP contribution in [0.5, 0.6) is 0 Å². The van der Waals surface area contributed by atoms with Crippen LogP contribution in [0.25, 0.3) is 0 Å². The average Bonchev–Trinajstić information content (AvgIpc) is 3.01. The number of ether oxygens (including phenoxy) is 2. The molecule has 0 aliphatic carbocycles. The minimum absolute atomic E-state index is 0.0589. The number of esters is 2. The summed E-state index contributed by atoms with van der Waals surface area (Å²) in [5.74, 6) is -0.0949. The molecular formula is C39H66O6. The van der Waals surface area contributed by atoms with Gasteiger partial charge >= 0.3 is 11.9 Å². The molecule has 0 saturated carbocycles. The number of rotatable bonds is 31. The molecule has 0 spiro atoms. The summed E-state index contributed by atoms with van der Waals surface area (Å²) in [7, 11) is 0. The summed E-state index contributed by atoms with van der Waals surface area (Å²) in [5, 5.41) is 9.50. The van der Waals surface area contributed by atoms with Gasteiger partial charge in [-0.05, 0) is 50.5 Å². The number of hydrogen-bond acceptors (Lipinski definition) is 6. The maximum absolute atomic E-state index is 12.1. The van der Waals surface area contributed by atoms with Gasteiger partial charge in [0.25, 0.3) is 0 Å². The lowest BCUT2D eigenvalue weighted by Gasteiger charge is -2.15. The van der Waals surface area contributed by atoms with Crippen molar-refractivity contribution < 1.29 is 29.0 Å². The first-order valence-electron chi connectivity index (χ1n) is 18.0. The summed E-state index contributed by atoms with van der Waals surface area (Å²) < 4.78 is 10.4. The van der Waals surface area contributed by atoms with Crippen LogP contribution in [0.3, 0.4) is 0 Å². The fraction of sp³-hybridized carbons (Fsp3) is 0.718. The fourth-order valence-electron chi connectivity index (χ4n) is 4.75. The predicted molar refractivity (Wildman–Crippen MR) is 187 cm³/mol. The maximum atomic E-state index is 12.1. The van der Waals surface area contributed by atoms with E-state index in [2.05, 4.69) is 45.1 Å². The molecule has 0 aliphatic rings. The Morgan fingerprint density at radius 1 is 0.644 bits per heavy atom. The molecule has 0 aromatic rings. The van der Waals surface area contributed by atoms with Crippen LogP contribution in [0.1, 0.15) is 156 Å². The first kappa shape index (κ1) is 42.5. The highest BCUT2D eigenvalue weighted by molar-refractivity contribution is 5.90. The minimum Gasteiger partial charge on any atom is -0.462 e. The summed E-state index contributed by atoms with van der Waals surface area (Å²) >= 11 is 0. The van der Waals surface area contributed by atoms with Crippen molar-refractivity contribution in [2.24, 2.45) is 5.92 Å². The first-order chi connectivity index (χ1) is 21.9. The van der Waals surface area contributed by atoms with Gasteiger partial charge < -0.3 is 14.6 Å². The van der Waals surface area contributed by atoms with Crippen LogP contribution in [-0.4, -0.2) is 42.1 Å². The molecule has 0 heterocycles. The van der Waals surface area contributed by atoms with Crippen molar-refractivity contribution in [3.05, 3.63) is 48.6 Å². The van der Waals surface area contributed by atoms with E-state index in [1.54, 1.807) is 6.08 Å². The smallest absolute Gasteiger partial charge is 0.306 e. The zero-order valence-electron chi connectivity index (χ0n) is 29.0. The molecule has 0 saturated heterocycles. The van der Waals surface area contributed by atoms with Crippen molar-refractivity contribution in [1.82, 2.24) is 0 Å². The third kappa shape index (κ3) is 32.7. The molecule has 0 bridgehead atoms. The molecule has 1 atom stereocenters. The van der Waals surface area contributed by atoms with E-state index in [0.717, 1.165) is 44.4 Å². The van der Waals surface area contributed by atoms with Gasteiger partial charge in [0, 0.05) is 19.3 Å². The van der Waals surface area contributed by atoms with Crippen LogP contribution in [0.4, 0.5) is 0 Å². The van der Waals surface area contributed by atoms with Crippen molar-refractivity contribution >= 4 is 17.7 Å². The van der Waals surface area contributed by atoms with Gasteiger partial charge in [0.2, 0.25) is 0 Å². The van der Waals surface area contributed by atoms with Gasteiger partial charge in [-0.25, -0.2) is 0 Å². The van der Waals surface area contributed by atoms with E-state index in [4.69, 9.17) is 9.47 Å². The lowest BCUT2D eigenvalue weighted by atomic mass is 10.0. The highest BCUT2D eigenvalue weighted by atomic mass is 16.6. The van der Waals surface area contributed by atoms with Crippen molar-refractivity contribution in [3.8, 4) is 0 Å². The van der Waals surface area contributed by atoms with E-state index >= 15 is 0 Å². The standard InChI is InChI=1S/C39H66O6/c1-4-5-6-7-8-9-10-11-12-16-19-22-25-29-36(41)30-27-32-39(43)45-37(33-40)34-44-38(42)31-26-23-20-17-14-13-15-18-21-24-28-35(2)3/h8-9,11-12,19,22,25,29,35,37,40H,4-7,10,13-18,20-21,23-24,26-28,30-34H2,1-3H3/b9-8-,12-11-,22-19-,29-25+/t37-/m0/s1. The monoisotopic (exact) mass is 630 g/mol. The second-order valence-electron chi connectivity index (χ2n) is 12.5. The molecule has 0 unspecified atom stereocenters. The fourth-order valence-corrected chi connectivity index (χ4v) is 4.75. The maximum Gasteiger partial charge on any atom is 0.306 e. The first-order valence-corrected chi connectivity index (χ1v) is 18.0. The summed E-state index contributed by atoms with van der Waals surface area (Å²) in [6.45, 7) is 6.20. The van der Waals surface area contributed by atoms with E-state index in [0.29, 0.717) is 12.8 Å². The zero-order chi connectivity index (χ0) is 33.2. The van der Waals surface area contributed by atoms with E-state index in [9.17, 15) is 19.5 Å². The Hall–Kier alpha value is -2.47. The van der Waals surface area contributed by atoms with E-state index in [-0.39, 0.29) is 31.2 Å². The molecule has 0 fully saturated rings. The Morgan fingerprint density at radius 3 is 1.89 bits per heavy atom.